The molecular formula is C20H26ClN5O2. The van der Waals surface area contributed by atoms with Gasteiger partial charge in [0.2, 0.25) is 0 Å². The highest BCUT2D eigenvalue weighted by molar-refractivity contribution is 5.95. The molecule has 7 nitrogen and oxygen atoms in total. The zero-order chi connectivity index (χ0) is 18.6. The number of carbonyl (C=O) groups excluding carboxylic acids is 2. The van der Waals surface area contributed by atoms with Crippen molar-refractivity contribution in [3.63, 3.8) is 0 Å². The van der Waals surface area contributed by atoms with Gasteiger partial charge in [0.25, 0.3) is 11.8 Å². The summed E-state index contributed by atoms with van der Waals surface area (Å²) in [4.78, 5) is 26.9. The number of benzene rings is 1. The van der Waals surface area contributed by atoms with Gasteiger partial charge in [-0.15, -0.1) is 12.4 Å². The van der Waals surface area contributed by atoms with Crippen molar-refractivity contribution in [1.29, 1.82) is 0 Å². The number of piperidine rings is 1. The van der Waals surface area contributed by atoms with Crippen molar-refractivity contribution in [2.24, 2.45) is 0 Å². The van der Waals surface area contributed by atoms with E-state index in [1.165, 1.54) is 6.42 Å². The molecule has 1 fully saturated rings. The molecular weight excluding hydrogens is 378 g/mol. The number of hydrogen-bond donors (Lipinski definition) is 3. The Bertz CT molecular complexity index is 828. The second-order valence-corrected chi connectivity index (χ2v) is 7.19. The summed E-state index contributed by atoms with van der Waals surface area (Å²) in [6.45, 7) is 3.67. The molecule has 1 aromatic heterocycles. The van der Waals surface area contributed by atoms with Gasteiger partial charge in [-0.2, -0.15) is 5.10 Å². The molecule has 2 aliphatic heterocycles. The number of fused-ring (bicyclic) bond motifs is 1. The highest BCUT2D eigenvalue weighted by atomic mass is 35.5. The maximum absolute atomic E-state index is 12.5. The minimum Gasteiger partial charge on any atom is -0.347 e. The molecule has 28 heavy (non-hydrogen) atoms. The molecule has 0 radical (unpaired) electrons. The highest BCUT2D eigenvalue weighted by Crippen LogP contribution is 2.16. The van der Waals surface area contributed by atoms with Crippen molar-refractivity contribution in [1.82, 2.24) is 25.7 Å². The Morgan fingerprint density at radius 3 is 2.61 bits per heavy atom. The highest BCUT2D eigenvalue weighted by Gasteiger charge is 2.21. The molecule has 3 N–H and O–H groups in total. The van der Waals surface area contributed by atoms with Crippen molar-refractivity contribution in [3.05, 3.63) is 52.3 Å². The number of aromatic amines is 1. The normalized spacial score (nSPS) is 16.1. The number of amides is 2. The lowest BCUT2D eigenvalue weighted by Gasteiger charge is -2.26. The van der Waals surface area contributed by atoms with Crippen LogP contribution in [0.4, 0.5) is 0 Å². The molecule has 0 bridgehead atoms. The summed E-state index contributed by atoms with van der Waals surface area (Å²) in [5.41, 5.74) is 4.13. The first-order valence-electron chi connectivity index (χ1n) is 9.65. The molecule has 1 saturated heterocycles. The van der Waals surface area contributed by atoms with Gasteiger partial charge >= 0.3 is 0 Å². The maximum Gasteiger partial charge on any atom is 0.272 e. The van der Waals surface area contributed by atoms with Gasteiger partial charge in [0.1, 0.15) is 0 Å². The standard InChI is InChI=1S/C20H25N5O2.ClH/c26-19(18-16-13-21-9-8-17(16)23-24-18)22-12-14-4-6-15(7-5-14)20(27)25-10-2-1-3-11-25;/h4-7,21H,1-3,8-13H2,(H,22,26)(H,23,24);1H. The lowest BCUT2D eigenvalue weighted by Crippen LogP contribution is -2.35. The summed E-state index contributed by atoms with van der Waals surface area (Å²) >= 11 is 0. The number of hydrogen-bond acceptors (Lipinski definition) is 4. The Hall–Kier alpha value is -2.38. The van der Waals surface area contributed by atoms with E-state index in [-0.39, 0.29) is 24.2 Å². The Balaban J connectivity index is 0.00000225. The number of halogens is 1. The van der Waals surface area contributed by atoms with E-state index in [0.717, 1.165) is 55.7 Å². The molecule has 150 valence electrons. The van der Waals surface area contributed by atoms with E-state index in [2.05, 4.69) is 20.8 Å². The van der Waals surface area contributed by atoms with Crippen LogP contribution in [0.15, 0.2) is 24.3 Å². The van der Waals surface area contributed by atoms with Gasteiger partial charge < -0.3 is 15.5 Å². The Kier molecular flexibility index (Phi) is 6.70. The van der Waals surface area contributed by atoms with Crippen LogP contribution in [0.5, 0.6) is 0 Å². The molecule has 3 heterocycles. The summed E-state index contributed by atoms with van der Waals surface area (Å²) in [7, 11) is 0. The minimum atomic E-state index is -0.176. The topological polar surface area (TPSA) is 90.1 Å². The molecule has 4 rings (SSSR count). The van der Waals surface area contributed by atoms with Gasteiger partial charge in [-0.25, -0.2) is 0 Å². The van der Waals surface area contributed by atoms with Crippen molar-refractivity contribution >= 4 is 24.2 Å². The molecule has 0 spiro atoms. The summed E-state index contributed by atoms with van der Waals surface area (Å²) in [6, 6.07) is 7.50. The van der Waals surface area contributed by atoms with Crippen molar-refractivity contribution < 1.29 is 9.59 Å². The smallest absolute Gasteiger partial charge is 0.272 e. The predicted octanol–water partition coefficient (Wildman–Crippen LogP) is 2.03. The number of likely N-dealkylation sites (tertiary alicyclic amines) is 1. The predicted molar refractivity (Wildman–Crippen MR) is 109 cm³/mol. The van der Waals surface area contributed by atoms with Crippen LogP contribution in [0.1, 0.15) is 56.9 Å². The van der Waals surface area contributed by atoms with Crippen LogP contribution in [-0.2, 0) is 19.5 Å². The van der Waals surface area contributed by atoms with E-state index in [0.29, 0.717) is 24.3 Å². The van der Waals surface area contributed by atoms with E-state index >= 15 is 0 Å². The SMILES string of the molecule is Cl.O=C(NCc1ccc(C(=O)N2CCCCC2)cc1)c1n[nH]c2c1CNCC2. The lowest BCUT2D eigenvalue weighted by atomic mass is 10.1. The monoisotopic (exact) mass is 403 g/mol. The Morgan fingerprint density at radius 2 is 1.86 bits per heavy atom. The third-order valence-electron chi connectivity index (χ3n) is 5.32. The average molecular weight is 404 g/mol. The lowest BCUT2D eigenvalue weighted by molar-refractivity contribution is 0.0724. The number of carbonyl (C=O) groups is 2. The van der Waals surface area contributed by atoms with Crippen LogP contribution in [0.3, 0.4) is 0 Å². The zero-order valence-corrected chi connectivity index (χ0v) is 16.6. The third-order valence-corrected chi connectivity index (χ3v) is 5.32. The van der Waals surface area contributed by atoms with E-state index in [1.54, 1.807) is 0 Å². The fourth-order valence-corrected chi connectivity index (χ4v) is 3.72. The fourth-order valence-electron chi connectivity index (χ4n) is 3.72. The van der Waals surface area contributed by atoms with E-state index in [1.807, 2.05) is 29.2 Å². The van der Waals surface area contributed by atoms with E-state index in [9.17, 15) is 9.59 Å². The Labute approximate surface area is 170 Å². The maximum atomic E-state index is 12.5. The summed E-state index contributed by atoms with van der Waals surface area (Å²) < 4.78 is 0. The largest absolute Gasteiger partial charge is 0.347 e. The van der Waals surface area contributed by atoms with Crippen LogP contribution < -0.4 is 10.6 Å². The van der Waals surface area contributed by atoms with Crippen LogP contribution in [0.25, 0.3) is 0 Å². The van der Waals surface area contributed by atoms with Gasteiger partial charge in [-0.1, -0.05) is 12.1 Å². The quantitative estimate of drug-likeness (QED) is 0.728. The summed E-state index contributed by atoms with van der Waals surface area (Å²) in [5.74, 6) is -0.0781. The average Bonchev–Trinajstić information content (AvgIpc) is 3.17. The van der Waals surface area contributed by atoms with E-state index in [4.69, 9.17) is 0 Å². The van der Waals surface area contributed by atoms with Gasteiger partial charge in [-0.05, 0) is 37.0 Å². The first-order valence-corrected chi connectivity index (χ1v) is 9.65. The number of nitrogens with one attached hydrogen (secondary N) is 3. The molecule has 0 atom stereocenters. The molecule has 8 heteroatoms. The number of H-pyrrole nitrogens is 1. The van der Waals surface area contributed by atoms with Gasteiger partial charge in [0.05, 0.1) is 0 Å². The summed E-state index contributed by atoms with van der Waals surface area (Å²) in [5, 5.41) is 13.3. The van der Waals surface area contributed by atoms with Crippen LogP contribution in [-0.4, -0.2) is 46.5 Å². The Morgan fingerprint density at radius 1 is 1.11 bits per heavy atom. The molecule has 2 aliphatic rings. The molecule has 1 aromatic carbocycles. The van der Waals surface area contributed by atoms with Gasteiger partial charge in [0.15, 0.2) is 5.69 Å². The van der Waals surface area contributed by atoms with Crippen LogP contribution in [0.2, 0.25) is 0 Å². The number of rotatable bonds is 4. The third kappa shape index (κ3) is 4.36. The first kappa shape index (κ1) is 20.4. The van der Waals surface area contributed by atoms with Crippen LogP contribution in [0, 0.1) is 0 Å². The second kappa shape index (κ2) is 9.21. The molecule has 0 unspecified atom stereocenters. The minimum absolute atomic E-state index is 0. The first-order chi connectivity index (χ1) is 13.2. The van der Waals surface area contributed by atoms with Crippen molar-refractivity contribution in [2.75, 3.05) is 19.6 Å². The molecule has 2 aromatic rings. The van der Waals surface area contributed by atoms with Crippen molar-refractivity contribution in [3.8, 4) is 0 Å². The number of aromatic nitrogens is 2. The second-order valence-electron chi connectivity index (χ2n) is 7.19. The van der Waals surface area contributed by atoms with Crippen molar-refractivity contribution in [2.45, 2.75) is 38.8 Å². The van der Waals surface area contributed by atoms with Gasteiger partial charge in [-0.3, -0.25) is 14.7 Å². The summed E-state index contributed by atoms with van der Waals surface area (Å²) in [6.07, 6.45) is 4.24. The van der Waals surface area contributed by atoms with Gasteiger partial charge in [0, 0.05) is 56.0 Å². The molecule has 0 saturated carbocycles. The van der Waals surface area contributed by atoms with E-state index < -0.39 is 0 Å². The molecule has 2 amide bonds. The zero-order valence-electron chi connectivity index (χ0n) is 15.8. The fraction of sp³-hybridized carbons (Fsp3) is 0.450. The molecule has 0 aliphatic carbocycles. The van der Waals surface area contributed by atoms with Crippen LogP contribution >= 0.6 is 12.4 Å². The number of nitrogens with zero attached hydrogens (tertiary/aromatic N) is 2.